The topological polar surface area (TPSA) is 72.2 Å². The van der Waals surface area contributed by atoms with Crippen LogP contribution in [0, 0.1) is 6.92 Å². The minimum Gasteiger partial charge on any atom is -0.379 e. The number of nitrogens with zero attached hydrogens (tertiary/aromatic N) is 7. The summed E-state index contributed by atoms with van der Waals surface area (Å²) in [6.07, 6.45) is -1.48. The maximum Gasteiger partial charge on any atom is 0.417 e. The molecule has 33 heavy (non-hydrogen) atoms. The molecule has 0 spiro atoms. The van der Waals surface area contributed by atoms with Crippen LogP contribution in [-0.4, -0.2) is 75.8 Å². The molecule has 0 saturated carbocycles. The lowest BCUT2D eigenvalue weighted by atomic mass is 10.1. The van der Waals surface area contributed by atoms with Crippen molar-refractivity contribution in [3.63, 3.8) is 0 Å². The second kappa shape index (κ2) is 9.03. The highest BCUT2D eigenvalue weighted by atomic mass is 35.5. The molecule has 0 unspecified atom stereocenters. The number of fused-ring (bicyclic) bond motifs is 1. The summed E-state index contributed by atoms with van der Waals surface area (Å²) in [7, 11) is 2.06. The van der Waals surface area contributed by atoms with Crippen molar-refractivity contribution in [1.29, 1.82) is 0 Å². The van der Waals surface area contributed by atoms with Crippen molar-refractivity contribution < 1.29 is 17.9 Å². The molecule has 0 radical (unpaired) electrons. The lowest BCUT2D eigenvalue weighted by molar-refractivity contribution is -0.137. The van der Waals surface area contributed by atoms with Crippen molar-refractivity contribution in [1.82, 2.24) is 29.4 Å². The molecule has 0 bridgehead atoms. The van der Waals surface area contributed by atoms with Crippen molar-refractivity contribution in [2.24, 2.45) is 0 Å². The number of piperazine rings is 1. The molecule has 0 aliphatic carbocycles. The summed E-state index contributed by atoms with van der Waals surface area (Å²) in [6.45, 7) is 6.00. The van der Waals surface area contributed by atoms with Gasteiger partial charge in [-0.3, -0.25) is 4.98 Å². The van der Waals surface area contributed by atoms with Gasteiger partial charge in [-0.05, 0) is 26.5 Å². The van der Waals surface area contributed by atoms with Gasteiger partial charge in [-0.2, -0.15) is 13.2 Å². The number of imidazole rings is 1. The summed E-state index contributed by atoms with van der Waals surface area (Å²) in [5, 5.41) is 0. The van der Waals surface area contributed by atoms with Gasteiger partial charge in [0.05, 0.1) is 18.2 Å². The molecule has 2 saturated heterocycles. The van der Waals surface area contributed by atoms with Gasteiger partial charge in [0.2, 0.25) is 0 Å². The number of hydrogen-bond acceptors (Lipinski definition) is 7. The standard InChI is InChI=1S/C21H24F3N7O.ClH/c1-13-26-19(30-8-6-29(2)7-9-30)17-20(27-13)31(14-4-10-32-12-14)18(28-17)15-11-25-5-3-16(15)21(22,23)24;/h3,5,11,14H,4,6-10,12H2,1-2H3;1H/t14-;/m1./s1. The first-order valence-corrected chi connectivity index (χ1v) is 10.6. The Labute approximate surface area is 195 Å². The van der Waals surface area contributed by atoms with E-state index in [-0.39, 0.29) is 29.8 Å². The number of rotatable bonds is 3. The van der Waals surface area contributed by atoms with E-state index in [0.717, 1.165) is 38.4 Å². The summed E-state index contributed by atoms with van der Waals surface area (Å²) in [5.41, 5.74) is 0.216. The monoisotopic (exact) mass is 483 g/mol. The maximum absolute atomic E-state index is 13.8. The lowest BCUT2D eigenvalue weighted by Crippen LogP contribution is -2.45. The molecule has 0 amide bonds. The summed E-state index contributed by atoms with van der Waals surface area (Å²) < 4.78 is 48.9. The number of hydrogen-bond donors (Lipinski definition) is 0. The van der Waals surface area contributed by atoms with Gasteiger partial charge in [0.25, 0.3) is 0 Å². The average Bonchev–Trinajstić information content (AvgIpc) is 3.40. The molecule has 12 heteroatoms. The molecule has 2 fully saturated rings. The molecule has 0 aromatic carbocycles. The van der Waals surface area contributed by atoms with Gasteiger partial charge in [-0.15, -0.1) is 12.4 Å². The maximum atomic E-state index is 13.8. The lowest BCUT2D eigenvalue weighted by Gasteiger charge is -2.33. The predicted octanol–water partition coefficient (Wildman–Crippen LogP) is 3.35. The molecular weight excluding hydrogens is 459 g/mol. The summed E-state index contributed by atoms with van der Waals surface area (Å²) in [4.78, 5) is 22.3. The van der Waals surface area contributed by atoms with Crippen LogP contribution < -0.4 is 4.90 Å². The highest BCUT2D eigenvalue weighted by Gasteiger charge is 2.37. The quantitative estimate of drug-likeness (QED) is 0.565. The number of alkyl halides is 3. The number of ether oxygens (including phenoxy) is 1. The summed E-state index contributed by atoms with van der Waals surface area (Å²) in [6, 6.07) is 0.827. The van der Waals surface area contributed by atoms with E-state index >= 15 is 0 Å². The van der Waals surface area contributed by atoms with E-state index in [1.165, 1.54) is 6.20 Å². The number of anilines is 1. The minimum absolute atomic E-state index is 0. The molecule has 2 aliphatic rings. The fraction of sp³-hybridized carbons (Fsp3) is 0.524. The van der Waals surface area contributed by atoms with E-state index in [9.17, 15) is 13.2 Å². The molecule has 178 valence electrons. The van der Waals surface area contributed by atoms with Crippen molar-refractivity contribution in [3.8, 4) is 11.4 Å². The van der Waals surface area contributed by atoms with E-state index in [4.69, 9.17) is 9.72 Å². The first-order valence-electron chi connectivity index (χ1n) is 10.6. The normalized spacial score (nSPS) is 19.8. The Kier molecular flexibility index (Phi) is 6.47. The van der Waals surface area contributed by atoms with Crippen LogP contribution in [0.1, 0.15) is 23.9 Å². The smallest absolute Gasteiger partial charge is 0.379 e. The minimum atomic E-state index is -4.53. The molecular formula is C21H25ClF3N7O. The highest BCUT2D eigenvalue weighted by Crippen LogP contribution is 2.40. The Bertz CT molecular complexity index is 1140. The van der Waals surface area contributed by atoms with Crippen molar-refractivity contribution in [2.75, 3.05) is 51.3 Å². The zero-order valence-electron chi connectivity index (χ0n) is 18.3. The van der Waals surface area contributed by atoms with Crippen molar-refractivity contribution in [3.05, 3.63) is 29.8 Å². The number of aryl methyl sites for hydroxylation is 1. The van der Waals surface area contributed by atoms with E-state index in [0.29, 0.717) is 42.4 Å². The third-order valence-corrected chi connectivity index (χ3v) is 6.07. The Morgan fingerprint density at radius 2 is 1.85 bits per heavy atom. The van der Waals surface area contributed by atoms with Gasteiger partial charge in [-0.1, -0.05) is 0 Å². The van der Waals surface area contributed by atoms with Gasteiger partial charge >= 0.3 is 6.18 Å². The van der Waals surface area contributed by atoms with Crippen LogP contribution in [0.5, 0.6) is 0 Å². The molecule has 2 aliphatic heterocycles. The van der Waals surface area contributed by atoms with Crippen LogP contribution in [0.25, 0.3) is 22.6 Å². The van der Waals surface area contributed by atoms with Crippen LogP contribution in [0.15, 0.2) is 18.5 Å². The fourth-order valence-corrected chi connectivity index (χ4v) is 4.39. The van der Waals surface area contributed by atoms with E-state index in [2.05, 4.69) is 31.8 Å². The largest absolute Gasteiger partial charge is 0.417 e. The van der Waals surface area contributed by atoms with Crippen LogP contribution in [-0.2, 0) is 10.9 Å². The Morgan fingerprint density at radius 1 is 1.09 bits per heavy atom. The van der Waals surface area contributed by atoms with E-state index in [1.54, 1.807) is 11.5 Å². The average molecular weight is 484 g/mol. The van der Waals surface area contributed by atoms with Crippen molar-refractivity contribution in [2.45, 2.75) is 25.6 Å². The van der Waals surface area contributed by atoms with Crippen LogP contribution in [0.3, 0.4) is 0 Å². The second-order valence-corrected chi connectivity index (χ2v) is 8.30. The van der Waals surface area contributed by atoms with Crippen LogP contribution in [0.2, 0.25) is 0 Å². The number of aromatic nitrogens is 5. The molecule has 1 atom stereocenters. The fourth-order valence-electron chi connectivity index (χ4n) is 4.39. The van der Waals surface area contributed by atoms with Crippen LogP contribution in [0.4, 0.5) is 19.0 Å². The second-order valence-electron chi connectivity index (χ2n) is 8.30. The van der Waals surface area contributed by atoms with Gasteiger partial charge in [0.15, 0.2) is 17.0 Å². The number of halogens is 4. The number of likely N-dealkylation sites (N-methyl/N-ethyl adjacent to an activating group) is 1. The first-order chi connectivity index (χ1) is 15.3. The summed E-state index contributed by atoms with van der Waals surface area (Å²) >= 11 is 0. The molecule has 8 nitrogen and oxygen atoms in total. The third kappa shape index (κ3) is 4.36. The Hall–Kier alpha value is -2.50. The first kappa shape index (κ1) is 23.7. The van der Waals surface area contributed by atoms with E-state index in [1.807, 2.05) is 0 Å². The zero-order chi connectivity index (χ0) is 22.5. The van der Waals surface area contributed by atoms with Gasteiger partial charge < -0.3 is 19.1 Å². The zero-order valence-corrected chi connectivity index (χ0v) is 19.2. The SMILES string of the molecule is Cc1nc(N2CCN(C)CC2)c2nc(-c3cnccc3C(F)(F)F)n([C@@H]3CCOC3)c2n1.Cl. The number of pyridine rings is 1. The molecule has 3 aromatic heterocycles. The van der Waals surface area contributed by atoms with Gasteiger partial charge in [0.1, 0.15) is 11.6 Å². The molecule has 0 N–H and O–H groups in total. The van der Waals surface area contributed by atoms with E-state index < -0.39 is 11.7 Å². The molecule has 5 rings (SSSR count). The highest BCUT2D eigenvalue weighted by molar-refractivity contribution is 5.88. The van der Waals surface area contributed by atoms with Crippen molar-refractivity contribution >= 4 is 29.4 Å². The predicted molar refractivity (Wildman–Crippen MR) is 120 cm³/mol. The van der Waals surface area contributed by atoms with Crippen LogP contribution >= 0.6 is 12.4 Å². The molecule has 5 heterocycles. The van der Waals surface area contributed by atoms with Gasteiger partial charge in [0, 0.05) is 50.7 Å². The third-order valence-electron chi connectivity index (χ3n) is 6.07. The van der Waals surface area contributed by atoms with Gasteiger partial charge in [-0.25, -0.2) is 15.0 Å². The molecule has 3 aromatic rings. The Morgan fingerprint density at radius 3 is 2.52 bits per heavy atom. The summed E-state index contributed by atoms with van der Waals surface area (Å²) in [5.74, 6) is 1.42. The Balaban J connectivity index is 0.00000259.